The van der Waals surface area contributed by atoms with E-state index in [0.29, 0.717) is 17.8 Å². The zero-order valence-electron chi connectivity index (χ0n) is 6.21. The number of hydrogen-bond donors (Lipinski definition) is 0. The first-order chi connectivity index (χ1) is 4.77. The predicted octanol–water partition coefficient (Wildman–Crippen LogP) is 0.0971. The summed E-state index contributed by atoms with van der Waals surface area (Å²) in [5, 5.41) is 11.0. The molecule has 0 radical (unpaired) electrons. The van der Waals surface area contributed by atoms with E-state index in [9.17, 15) is 5.11 Å². The van der Waals surface area contributed by atoms with Gasteiger partial charge >= 0.3 is 0 Å². The second kappa shape index (κ2) is 1.99. The van der Waals surface area contributed by atoms with Gasteiger partial charge in [-0.05, 0) is 26.3 Å². The Balaban J connectivity index is 2.24. The average Bonchev–Trinajstić information content (AvgIpc) is 2.20. The van der Waals surface area contributed by atoms with E-state index in [1.807, 2.05) is 6.08 Å². The standard InChI is InChI=1S/C8H13NO/c1-9-6-2-3-7(9)5-8(10)4-6/h4,6-7,10H,2-3,5H2,1H3/p-1. The van der Waals surface area contributed by atoms with Gasteiger partial charge in [0, 0.05) is 12.1 Å². The van der Waals surface area contributed by atoms with Crippen LogP contribution in [0.2, 0.25) is 0 Å². The minimum absolute atomic E-state index is 0.352. The second-order valence-electron chi connectivity index (χ2n) is 3.30. The summed E-state index contributed by atoms with van der Waals surface area (Å²) in [6, 6.07) is 1.02. The molecule has 56 valence electrons. The molecule has 0 saturated carbocycles. The third-order valence-corrected chi connectivity index (χ3v) is 2.71. The summed E-state index contributed by atoms with van der Waals surface area (Å²) < 4.78 is 0. The SMILES string of the molecule is CN1C2C=C([O-])CC1CC2. The third kappa shape index (κ3) is 0.754. The molecule has 0 spiro atoms. The van der Waals surface area contributed by atoms with E-state index in [4.69, 9.17) is 0 Å². The Bertz CT molecular complexity index is 176. The fourth-order valence-corrected chi connectivity index (χ4v) is 2.00. The molecule has 0 aromatic heterocycles. The van der Waals surface area contributed by atoms with E-state index < -0.39 is 0 Å². The zero-order chi connectivity index (χ0) is 7.14. The van der Waals surface area contributed by atoms with Crippen LogP contribution in [0.5, 0.6) is 0 Å². The summed E-state index contributed by atoms with van der Waals surface area (Å²) in [5.41, 5.74) is 0. The van der Waals surface area contributed by atoms with Gasteiger partial charge in [-0.3, -0.25) is 4.90 Å². The number of likely N-dealkylation sites (N-methyl/N-ethyl adjacent to an activating group) is 1. The quantitative estimate of drug-likeness (QED) is 0.474. The molecule has 2 heterocycles. The van der Waals surface area contributed by atoms with Crippen LogP contribution in [0.3, 0.4) is 0 Å². The smallest absolute Gasteiger partial charge is 0.0272 e. The molecule has 0 amide bonds. The van der Waals surface area contributed by atoms with E-state index >= 15 is 0 Å². The van der Waals surface area contributed by atoms with Crippen LogP contribution in [-0.4, -0.2) is 24.0 Å². The lowest BCUT2D eigenvalue weighted by Gasteiger charge is -2.32. The van der Waals surface area contributed by atoms with Gasteiger partial charge in [0.1, 0.15) is 0 Å². The van der Waals surface area contributed by atoms with Crippen molar-refractivity contribution < 1.29 is 5.11 Å². The number of nitrogens with zero attached hydrogens (tertiary/aromatic N) is 1. The van der Waals surface area contributed by atoms with Crippen LogP contribution in [0.15, 0.2) is 11.8 Å². The Kier molecular flexibility index (Phi) is 1.24. The number of fused-ring (bicyclic) bond motifs is 2. The summed E-state index contributed by atoms with van der Waals surface area (Å²) >= 11 is 0. The van der Waals surface area contributed by atoms with E-state index in [0.717, 1.165) is 6.42 Å². The molecule has 0 N–H and O–H groups in total. The molecule has 10 heavy (non-hydrogen) atoms. The monoisotopic (exact) mass is 138 g/mol. The molecule has 2 unspecified atom stereocenters. The van der Waals surface area contributed by atoms with Crippen molar-refractivity contribution in [2.45, 2.75) is 31.3 Å². The minimum Gasteiger partial charge on any atom is -0.876 e. The maximum absolute atomic E-state index is 11.0. The first kappa shape index (κ1) is 6.23. The maximum Gasteiger partial charge on any atom is 0.0272 e. The van der Waals surface area contributed by atoms with Crippen molar-refractivity contribution in [3.63, 3.8) is 0 Å². The molecule has 2 rings (SSSR count). The highest BCUT2D eigenvalue weighted by Gasteiger charge is 2.30. The zero-order valence-corrected chi connectivity index (χ0v) is 6.21. The Morgan fingerprint density at radius 2 is 2.40 bits per heavy atom. The van der Waals surface area contributed by atoms with Gasteiger partial charge in [0.25, 0.3) is 0 Å². The van der Waals surface area contributed by atoms with E-state index in [-0.39, 0.29) is 0 Å². The largest absolute Gasteiger partial charge is 0.876 e. The molecule has 1 saturated heterocycles. The van der Waals surface area contributed by atoms with Crippen LogP contribution in [-0.2, 0) is 0 Å². The van der Waals surface area contributed by atoms with Crippen molar-refractivity contribution in [2.75, 3.05) is 7.05 Å². The third-order valence-electron chi connectivity index (χ3n) is 2.71. The maximum atomic E-state index is 11.0. The van der Waals surface area contributed by atoms with Crippen LogP contribution in [0.1, 0.15) is 19.3 Å². The highest BCUT2D eigenvalue weighted by Crippen LogP contribution is 2.31. The van der Waals surface area contributed by atoms with Crippen molar-refractivity contribution >= 4 is 0 Å². The van der Waals surface area contributed by atoms with Gasteiger partial charge in [-0.2, -0.15) is 0 Å². The van der Waals surface area contributed by atoms with Crippen LogP contribution in [0, 0.1) is 0 Å². The lowest BCUT2D eigenvalue weighted by atomic mass is 10.1. The van der Waals surface area contributed by atoms with Crippen LogP contribution < -0.4 is 5.11 Å². The van der Waals surface area contributed by atoms with Crippen molar-refractivity contribution in [2.24, 2.45) is 0 Å². The van der Waals surface area contributed by atoms with Gasteiger partial charge in [-0.15, -0.1) is 5.76 Å². The van der Waals surface area contributed by atoms with Gasteiger partial charge in [0.15, 0.2) is 0 Å². The molecule has 0 aromatic rings. The first-order valence-corrected chi connectivity index (χ1v) is 3.87. The van der Waals surface area contributed by atoms with Crippen LogP contribution in [0.25, 0.3) is 0 Å². The van der Waals surface area contributed by atoms with Crippen LogP contribution >= 0.6 is 0 Å². The summed E-state index contributed by atoms with van der Waals surface area (Å²) in [6.45, 7) is 0. The van der Waals surface area contributed by atoms with Crippen molar-refractivity contribution in [3.05, 3.63) is 11.8 Å². The Hall–Kier alpha value is -0.500. The Morgan fingerprint density at radius 3 is 3.10 bits per heavy atom. The van der Waals surface area contributed by atoms with Gasteiger partial charge in [-0.25, -0.2) is 0 Å². The highest BCUT2D eigenvalue weighted by atomic mass is 16.3. The van der Waals surface area contributed by atoms with E-state index in [2.05, 4.69) is 11.9 Å². The first-order valence-electron chi connectivity index (χ1n) is 3.87. The van der Waals surface area contributed by atoms with Gasteiger partial charge in [0.05, 0.1) is 0 Å². The second-order valence-corrected chi connectivity index (χ2v) is 3.30. The van der Waals surface area contributed by atoms with E-state index in [1.165, 1.54) is 12.8 Å². The lowest BCUT2D eigenvalue weighted by Crippen LogP contribution is -2.36. The van der Waals surface area contributed by atoms with Gasteiger partial charge in [-0.1, -0.05) is 6.08 Å². The molecule has 2 heteroatoms. The predicted molar refractivity (Wildman–Crippen MR) is 37.3 cm³/mol. The van der Waals surface area contributed by atoms with Crippen molar-refractivity contribution in [1.29, 1.82) is 0 Å². The molecule has 2 aliphatic rings. The minimum atomic E-state index is 0.352. The van der Waals surface area contributed by atoms with Crippen LogP contribution in [0.4, 0.5) is 0 Å². The number of rotatable bonds is 0. The summed E-state index contributed by atoms with van der Waals surface area (Å²) in [6.07, 6.45) is 5.03. The molecule has 0 aromatic carbocycles. The molecule has 2 atom stereocenters. The molecule has 0 aliphatic carbocycles. The summed E-state index contributed by atoms with van der Waals surface area (Å²) in [4.78, 5) is 2.32. The Morgan fingerprint density at radius 1 is 1.60 bits per heavy atom. The molecular formula is C8H12NO-. The fraction of sp³-hybridized carbons (Fsp3) is 0.750. The molecule has 2 bridgehead atoms. The van der Waals surface area contributed by atoms with Gasteiger partial charge in [0.2, 0.25) is 0 Å². The summed E-state index contributed by atoms with van der Waals surface area (Å²) in [5.74, 6) is 0.352. The van der Waals surface area contributed by atoms with Gasteiger partial charge < -0.3 is 5.11 Å². The number of hydrogen-bond acceptors (Lipinski definition) is 2. The summed E-state index contributed by atoms with van der Waals surface area (Å²) in [7, 11) is 2.12. The lowest BCUT2D eigenvalue weighted by molar-refractivity contribution is -0.310. The van der Waals surface area contributed by atoms with E-state index in [1.54, 1.807) is 0 Å². The molecule has 2 nitrogen and oxygen atoms in total. The van der Waals surface area contributed by atoms with Crippen molar-refractivity contribution in [1.82, 2.24) is 4.90 Å². The topological polar surface area (TPSA) is 26.3 Å². The molecule has 2 aliphatic heterocycles. The fourth-order valence-electron chi connectivity index (χ4n) is 2.00. The highest BCUT2D eigenvalue weighted by molar-refractivity contribution is 5.10. The van der Waals surface area contributed by atoms with Crippen molar-refractivity contribution in [3.8, 4) is 0 Å². The normalized spacial score (nSPS) is 39.9. The molecule has 1 fully saturated rings. The molecular weight excluding hydrogens is 126 g/mol. The Labute approximate surface area is 61.1 Å². The average molecular weight is 138 g/mol.